The zero-order valence-electron chi connectivity index (χ0n) is 16.0. The number of methoxy groups -OCH3 is 1. The van der Waals surface area contributed by atoms with Crippen LogP contribution >= 0.6 is 0 Å². The average Bonchev–Trinajstić information content (AvgIpc) is 3.36. The molecule has 2 aliphatic heterocycles. The molecule has 2 aromatic rings. The number of hydrogen-bond acceptors (Lipinski definition) is 5. The van der Waals surface area contributed by atoms with E-state index in [2.05, 4.69) is 31.9 Å². The van der Waals surface area contributed by atoms with Gasteiger partial charge in [0.05, 0.1) is 19.4 Å². The van der Waals surface area contributed by atoms with Crippen LogP contribution in [0.5, 0.6) is 5.75 Å². The minimum atomic E-state index is -0.230. The van der Waals surface area contributed by atoms with Crippen LogP contribution < -0.4 is 20.7 Å². The van der Waals surface area contributed by atoms with E-state index in [1.807, 2.05) is 48.8 Å². The maximum atomic E-state index is 12.3. The summed E-state index contributed by atoms with van der Waals surface area (Å²) in [5.41, 5.74) is 6.51. The van der Waals surface area contributed by atoms with Gasteiger partial charge < -0.3 is 25.6 Å². The Labute approximate surface area is 168 Å². The third kappa shape index (κ3) is 3.20. The van der Waals surface area contributed by atoms with Gasteiger partial charge in [0.15, 0.2) is 0 Å². The van der Waals surface area contributed by atoms with Crippen molar-refractivity contribution >= 4 is 23.6 Å². The number of aliphatic imine (C=N–C) groups is 1. The highest BCUT2D eigenvalue weighted by Gasteiger charge is 2.31. The Kier molecular flexibility index (Phi) is 4.20. The number of ether oxygens (including phenoxy) is 1. The third-order valence-electron chi connectivity index (χ3n) is 5.33. The van der Waals surface area contributed by atoms with Crippen LogP contribution in [0.3, 0.4) is 0 Å². The molecular weight excluding hydrogens is 366 g/mol. The number of urea groups is 1. The summed E-state index contributed by atoms with van der Waals surface area (Å²) in [6, 6.07) is 13.4. The third-order valence-corrected chi connectivity index (χ3v) is 5.33. The van der Waals surface area contributed by atoms with Gasteiger partial charge in [-0.15, -0.1) is 0 Å². The van der Waals surface area contributed by atoms with Crippen molar-refractivity contribution in [2.75, 3.05) is 19.0 Å². The van der Waals surface area contributed by atoms with E-state index < -0.39 is 0 Å². The first-order valence-electron chi connectivity index (χ1n) is 9.52. The van der Waals surface area contributed by atoms with E-state index in [1.54, 1.807) is 7.11 Å². The normalized spacial score (nSPS) is 15.9. The molecule has 2 amide bonds. The van der Waals surface area contributed by atoms with E-state index in [0.29, 0.717) is 6.54 Å². The number of rotatable bonds is 4. The van der Waals surface area contributed by atoms with Crippen molar-refractivity contribution in [3.63, 3.8) is 0 Å². The summed E-state index contributed by atoms with van der Waals surface area (Å²) in [6.07, 6.45) is 4.68. The van der Waals surface area contributed by atoms with Gasteiger partial charge in [0, 0.05) is 42.3 Å². The number of nitrogens with one attached hydrogen (secondary N) is 3. The van der Waals surface area contributed by atoms with Crippen LogP contribution in [-0.4, -0.2) is 30.8 Å². The van der Waals surface area contributed by atoms with Gasteiger partial charge in [-0.3, -0.25) is 0 Å². The maximum absolute atomic E-state index is 12.3. The zero-order chi connectivity index (χ0) is 19.8. The summed E-state index contributed by atoms with van der Waals surface area (Å²) in [5.74, 6) is 1.75. The first kappa shape index (κ1) is 17.4. The van der Waals surface area contributed by atoms with Crippen molar-refractivity contribution in [3.8, 4) is 5.75 Å². The lowest BCUT2D eigenvalue weighted by molar-refractivity contribution is 0.251. The van der Waals surface area contributed by atoms with Gasteiger partial charge in [0.1, 0.15) is 11.6 Å². The molecule has 3 N–H and O–H groups in total. The minimum absolute atomic E-state index is 0.230. The number of carbonyl (C=O) groups excluding carboxylic acids is 1. The molecule has 29 heavy (non-hydrogen) atoms. The summed E-state index contributed by atoms with van der Waals surface area (Å²) in [4.78, 5) is 18.9. The standard InChI is InChI=1S/C22H21N5O2/c1-29-17-5-2-14(3-6-17)12-25-22(28)26-16-4-7-18-15(10-16)11-19-21(18)24-13-20-23-8-9-27(19)20/h2-8,10,13,24H,9,11-12H2,1H3,(H2,25,26,28). The second-order valence-corrected chi connectivity index (χ2v) is 7.10. The molecule has 0 atom stereocenters. The molecule has 0 bridgehead atoms. The van der Waals surface area contributed by atoms with Crippen molar-refractivity contribution in [3.05, 3.63) is 76.9 Å². The first-order valence-corrected chi connectivity index (χ1v) is 9.52. The second kappa shape index (κ2) is 7.01. The van der Waals surface area contributed by atoms with Gasteiger partial charge in [-0.1, -0.05) is 18.2 Å². The molecule has 0 unspecified atom stereocenters. The SMILES string of the molecule is COc1ccc(CNC(=O)Nc2ccc3c(c2)CC2=C3NC=C3N=CCN32)cc1. The monoisotopic (exact) mass is 387 g/mol. The molecule has 2 heterocycles. The number of fused-ring (bicyclic) bond motifs is 4. The lowest BCUT2D eigenvalue weighted by Gasteiger charge is -2.25. The summed E-state index contributed by atoms with van der Waals surface area (Å²) in [7, 11) is 1.63. The molecule has 2 aromatic carbocycles. The predicted molar refractivity (Wildman–Crippen MR) is 112 cm³/mol. The van der Waals surface area contributed by atoms with Gasteiger partial charge in [-0.2, -0.15) is 0 Å². The van der Waals surface area contributed by atoms with E-state index in [0.717, 1.165) is 41.5 Å². The van der Waals surface area contributed by atoms with E-state index in [-0.39, 0.29) is 6.03 Å². The summed E-state index contributed by atoms with van der Waals surface area (Å²) >= 11 is 0. The molecule has 146 valence electrons. The predicted octanol–water partition coefficient (Wildman–Crippen LogP) is 3.03. The van der Waals surface area contributed by atoms with Gasteiger partial charge in [-0.05, 0) is 35.4 Å². The van der Waals surface area contributed by atoms with Crippen molar-refractivity contribution in [2.45, 2.75) is 13.0 Å². The first-order chi connectivity index (χ1) is 14.2. The Balaban J connectivity index is 1.22. The van der Waals surface area contributed by atoms with Crippen molar-refractivity contribution in [2.24, 2.45) is 4.99 Å². The van der Waals surface area contributed by atoms with Gasteiger partial charge >= 0.3 is 6.03 Å². The fourth-order valence-electron chi connectivity index (χ4n) is 3.86. The topological polar surface area (TPSA) is 78.0 Å². The zero-order valence-corrected chi connectivity index (χ0v) is 16.0. The second-order valence-electron chi connectivity index (χ2n) is 7.10. The molecule has 0 fully saturated rings. The molecule has 0 saturated carbocycles. The minimum Gasteiger partial charge on any atom is -0.497 e. The largest absolute Gasteiger partial charge is 0.497 e. The fraction of sp³-hybridized carbons (Fsp3) is 0.182. The molecule has 0 radical (unpaired) electrons. The lowest BCUT2D eigenvalue weighted by atomic mass is 10.1. The number of benzene rings is 2. The highest BCUT2D eigenvalue weighted by atomic mass is 16.5. The molecule has 0 aromatic heterocycles. The van der Waals surface area contributed by atoms with Crippen LogP contribution in [0, 0.1) is 0 Å². The average molecular weight is 387 g/mol. The Hall–Kier alpha value is -3.74. The van der Waals surface area contributed by atoms with Crippen LogP contribution in [0.1, 0.15) is 16.7 Å². The fourth-order valence-corrected chi connectivity index (χ4v) is 3.86. The Bertz CT molecular complexity index is 1070. The molecule has 7 nitrogen and oxygen atoms in total. The smallest absolute Gasteiger partial charge is 0.319 e. The van der Waals surface area contributed by atoms with Crippen LogP contribution in [0.15, 0.2) is 65.2 Å². The van der Waals surface area contributed by atoms with Gasteiger partial charge in [0.2, 0.25) is 0 Å². The van der Waals surface area contributed by atoms with E-state index in [1.165, 1.54) is 16.8 Å². The molecular formula is C22H21N5O2. The number of amides is 2. The number of hydrogen-bond donors (Lipinski definition) is 3. The molecule has 5 rings (SSSR count). The highest BCUT2D eigenvalue weighted by Crippen LogP contribution is 2.38. The quantitative estimate of drug-likeness (QED) is 0.754. The number of nitrogens with zero attached hydrogens (tertiary/aromatic N) is 2. The van der Waals surface area contributed by atoms with E-state index in [9.17, 15) is 4.79 Å². The number of anilines is 1. The Morgan fingerprint density at radius 2 is 2.10 bits per heavy atom. The number of carbonyl (C=O) groups is 1. The van der Waals surface area contributed by atoms with Crippen molar-refractivity contribution in [1.29, 1.82) is 0 Å². The maximum Gasteiger partial charge on any atom is 0.319 e. The summed E-state index contributed by atoms with van der Waals surface area (Å²) < 4.78 is 5.15. The molecule has 3 aliphatic rings. The van der Waals surface area contributed by atoms with Crippen LogP contribution in [0.2, 0.25) is 0 Å². The van der Waals surface area contributed by atoms with Crippen LogP contribution in [0.25, 0.3) is 5.70 Å². The Morgan fingerprint density at radius 1 is 1.24 bits per heavy atom. The summed E-state index contributed by atoms with van der Waals surface area (Å²) in [5, 5.41) is 9.18. The van der Waals surface area contributed by atoms with E-state index >= 15 is 0 Å². The van der Waals surface area contributed by atoms with Crippen LogP contribution in [-0.2, 0) is 13.0 Å². The van der Waals surface area contributed by atoms with Crippen LogP contribution in [0.4, 0.5) is 10.5 Å². The van der Waals surface area contributed by atoms with Crippen molar-refractivity contribution in [1.82, 2.24) is 15.5 Å². The molecule has 1 aliphatic carbocycles. The lowest BCUT2D eigenvalue weighted by Crippen LogP contribution is -2.28. The summed E-state index contributed by atoms with van der Waals surface area (Å²) in [6.45, 7) is 1.25. The molecule has 0 spiro atoms. The number of allylic oxidation sites excluding steroid dienone is 1. The van der Waals surface area contributed by atoms with Gasteiger partial charge in [0.25, 0.3) is 0 Å². The Morgan fingerprint density at radius 3 is 2.93 bits per heavy atom. The highest BCUT2D eigenvalue weighted by molar-refractivity contribution is 5.90. The van der Waals surface area contributed by atoms with Crippen molar-refractivity contribution < 1.29 is 9.53 Å². The van der Waals surface area contributed by atoms with E-state index in [4.69, 9.17) is 4.74 Å². The molecule has 0 saturated heterocycles. The molecule has 7 heteroatoms. The van der Waals surface area contributed by atoms with Gasteiger partial charge in [-0.25, -0.2) is 9.79 Å².